The Hall–Kier alpha value is -2.52. The smallest absolute Gasteiger partial charge is 0.198 e. The van der Waals surface area contributed by atoms with Crippen molar-refractivity contribution in [2.45, 2.75) is 78.1 Å². The van der Waals surface area contributed by atoms with E-state index in [0.29, 0.717) is 4.71 Å². The first-order valence-electron chi connectivity index (χ1n) is 12.9. The maximum Gasteiger partial charge on any atom is 0.198 e. The molecule has 0 saturated heterocycles. The zero-order valence-corrected chi connectivity index (χ0v) is 21.3. The number of halogens is 1. The molecule has 0 fully saturated rings. The van der Waals surface area contributed by atoms with E-state index in [1.54, 1.807) is 0 Å². The zero-order chi connectivity index (χ0) is 23.9. The highest BCUT2D eigenvalue weighted by Gasteiger charge is 2.14. The molecule has 3 heteroatoms. The van der Waals surface area contributed by atoms with Crippen molar-refractivity contribution in [2.75, 3.05) is 0 Å². The van der Waals surface area contributed by atoms with Gasteiger partial charge in [0.15, 0.2) is 16.1 Å². The molecule has 4 rings (SSSR count). The molecule has 34 heavy (non-hydrogen) atoms. The van der Waals surface area contributed by atoms with Crippen LogP contribution in [-0.2, 0) is 12.8 Å². The molecule has 0 N–H and O–H groups in total. The van der Waals surface area contributed by atoms with Gasteiger partial charge < -0.3 is 4.42 Å². The molecule has 0 atom stereocenters. The summed E-state index contributed by atoms with van der Waals surface area (Å²) in [4.78, 5) is 0. The molecule has 0 unspecified atom stereocenters. The summed E-state index contributed by atoms with van der Waals surface area (Å²) in [6.07, 6.45) is 11.5. The van der Waals surface area contributed by atoms with Gasteiger partial charge in [-0.25, -0.2) is 4.39 Å². The number of fused-ring (bicyclic) bond motifs is 3. The molecule has 4 aromatic rings. The minimum Gasteiger partial charge on any atom is -0.441 e. The van der Waals surface area contributed by atoms with Gasteiger partial charge in [-0.1, -0.05) is 107 Å². The lowest BCUT2D eigenvalue weighted by Crippen LogP contribution is -1.94. The molecular formula is C31H35FOS. The maximum absolute atomic E-state index is 15.4. The molecule has 0 bridgehead atoms. The van der Waals surface area contributed by atoms with E-state index >= 15 is 4.39 Å². The highest BCUT2D eigenvalue weighted by Crippen LogP contribution is 2.33. The highest BCUT2D eigenvalue weighted by atomic mass is 32.1. The van der Waals surface area contributed by atoms with Crippen LogP contribution in [0.1, 0.15) is 76.3 Å². The van der Waals surface area contributed by atoms with Crippen molar-refractivity contribution < 1.29 is 8.81 Å². The lowest BCUT2D eigenvalue weighted by atomic mass is 9.98. The van der Waals surface area contributed by atoms with Crippen LogP contribution in [0.25, 0.3) is 32.9 Å². The monoisotopic (exact) mass is 474 g/mol. The van der Waals surface area contributed by atoms with Gasteiger partial charge in [-0.05, 0) is 65.2 Å². The minimum atomic E-state index is -0.257. The third-order valence-electron chi connectivity index (χ3n) is 6.78. The van der Waals surface area contributed by atoms with Crippen molar-refractivity contribution >= 4 is 34.0 Å². The van der Waals surface area contributed by atoms with Crippen LogP contribution < -0.4 is 0 Å². The maximum atomic E-state index is 15.4. The van der Waals surface area contributed by atoms with Crippen LogP contribution in [0.15, 0.2) is 59.0 Å². The molecule has 0 radical (unpaired) electrons. The van der Waals surface area contributed by atoms with Crippen LogP contribution in [-0.4, -0.2) is 0 Å². The van der Waals surface area contributed by atoms with E-state index in [0.717, 1.165) is 65.0 Å². The molecule has 1 nitrogen and oxygen atoms in total. The second-order valence-electron chi connectivity index (χ2n) is 9.38. The Kier molecular flexibility index (Phi) is 8.50. The van der Waals surface area contributed by atoms with Gasteiger partial charge in [-0.3, -0.25) is 0 Å². The van der Waals surface area contributed by atoms with Gasteiger partial charge in [0.1, 0.15) is 0 Å². The third-order valence-corrected chi connectivity index (χ3v) is 7.08. The number of rotatable bonds is 11. The molecule has 3 aromatic carbocycles. The minimum absolute atomic E-state index is 0.257. The Morgan fingerprint density at radius 3 is 2.09 bits per heavy atom. The third kappa shape index (κ3) is 5.58. The topological polar surface area (TPSA) is 13.1 Å². The summed E-state index contributed by atoms with van der Waals surface area (Å²) >= 11 is 5.57. The average Bonchev–Trinajstić information content (AvgIpc) is 2.86. The van der Waals surface area contributed by atoms with E-state index < -0.39 is 0 Å². The first-order valence-corrected chi connectivity index (χ1v) is 13.3. The van der Waals surface area contributed by atoms with Crippen LogP contribution in [0.4, 0.5) is 4.39 Å². The van der Waals surface area contributed by atoms with Gasteiger partial charge in [0, 0.05) is 10.8 Å². The number of hydrogen-bond donors (Lipinski definition) is 0. The fourth-order valence-electron chi connectivity index (χ4n) is 4.80. The molecule has 0 amide bonds. The highest BCUT2D eigenvalue weighted by molar-refractivity contribution is 7.71. The fourth-order valence-corrected chi connectivity index (χ4v) is 5.05. The Morgan fingerprint density at radius 1 is 0.676 bits per heavy atom. The second kappa shape index (κ2) is 11.8. The summed E-state index contributed by atoms with van der Waals surface area (Å²) in [6, 6.07) is 18.8. The second-order valence-corrected chi connectivity index (χ2v) is 9.75. The molecule has 1 heterocycles. The predicted molar refractivity (Wildman–Crippen MR) is 146 cm³/mol. The molecule has 0 aliphatic rings. The Labute approximate surface area is 208 Å². The first-order chi connectivity index (χ1) is 16.6. The largest absolute Gasteiger partial charge is 0.441 e. The van der Waals surface area contributed by atoms with Crippen molar-refractivity contribution in [2.24, 2.45) is 0 Å². The van der Waals surface area contributed by atoms with E-state index in [4.69, 9.17) is 16.6 Å². The van der Waals surface area contributed by atoms with Gasteiger partial charge in [0.2, 0.25) is 0 Å². The summed E-state index contributed by atoms with van der Waals surface area (Å²) < 4.78 is 21.6. The standard InChI is InChI=1S/C31H35FOS/c1-3-5-6-7-8-9-10-12-24-17-20-27-26-19-18-25(23-15-13-22(11-4-2)14-16-23)21-28(26)31(34)33-30(27)29(24)32/h13-21H,3-12H2,1-2H3. The number of hydrogen-bond acceptors (Lipinski definition) is 2. The summed E-state index contributed by atoms with van der Waals surface area (Å²) in [6.45, 7) is 4.42. The van der Waals surface area contributed by atoms with Gasteiger partial charge in [0.05, 0.1) is 0 Å². The van der Waals surface area contributed by atoms with Crippen molar-refractivity contribution in [3.63, 3.8) is 0 Å². The number of aryl methyl sites for hydroxylation is 2. The van der Waals surface area contributed by atoms with E-state index in [9.17, 15) is 0 Å². The molecule has 0 spiro atoms. The van der Waals surface area contributed by atoms with Crippen LogP contribution in [0, 0.1) is 10.5 Å². The molecule has 0 aliphatic heterocycles. The molecule has 178 valence electrons. The Morgan fingerprint density at radius 2 is 1.35 bits per heavy atom. The van der Waals surface area contributed by atoms with E-state index in [2.05, 4.69) is 50.2 Å². The number of benzene rings is 3. The Bertz CT molecular complexity index is 1300. The van der Waals surface area contributed by atoms with Crippen molar-refractivity contribution in [1.82, 2.24) is 0 Å². The predicted octanol–water partition coefficient (Wildman–Crippen LogP) is 10.4. The average molecular weight is 475 g/mol. The first kappa shape index (κ1) is 24.6. The van der Waals surface area contributed by atoms with E-state index in [1.165, 1.54) is 37.7 Å². The van der Waals surface area contributed by atoms with E-state index in [-0.39, 0.29) is 11.4 Å². The summed E-state index contributed by atoms with van der Waals surface area (Å²) in [5, 5.41) is 2.59. The zero-order valence-electron chi connectivity index (χ0n) is 20.5. The van der Waals surface area contributed by atoms with Gasteiger partial charge >= 0.3 is 0 Å². The van der Waals surface area contributed by atoms with Gasteiger partial charge in [0.25, 0.3) is 0 Å². The van der Waals surface area contributed by atoms with Crippen molar-refractivity contribution in [3.8, 4) is 11.1 Å². The van der Waals surface area contributed by atoms with Crippen LogP contribution in [0.2, 0.25) is 0 Å². The number of unbranched alkanes of at least 4 members (excludes halogenated alkanes) is 6. The van der Waals surface area contributed by atoms with Gasteiger partial charge in [-0.15, -0.1) is 0 Å². The van der Waals surface area contributed by atoms with E-state index in [1.807, 2.05) is 18.2 Å². The molecule has 0 aliphatic carbocycles. The van der Waals surface area contributed by atoms with Crippen LogP contribution >= 0.6 is 12.2 Å². The molecular weight excluding hydrogens is 439 g/mol. The van der Waals surface area contributed by atoms with Crippen molar-refractivity contribution in [3.05, 3.63) is 76.2 Å². The lowest BCUT2D eigenvalue weighted by molar-refractivity contribution is 0.533. The van der Waals surface area contributed by atoms with Crippen molar-refractivity contribution in [1.29, 1.82) is 0 Å². The quantitative estimate of drug-likeness (QED) is 0.122. The normalized spacial score (nSPS) is 11.5. The lowest BCUT2D eigenvalue weighted by Gasteiger charge is -2.10. The Balaban J connectivity index is 1.57. The molecule has 1 aromatic heterocycles. The SMILES string of the molecule is CCCCCCCCCc1ccc2c(oc(=S)c3cc(-c4ccc(CCC)cc4)ccc32)c1F. The fraction of sp³-hybridized carbons (Fsp3) is 0.387. The van der Waals surface area contributed by atoms with Crippen LogP contribution in [0.5, 0.6) is 0 Å². The summed E-state index contributed by atoms with van der Waals surface area (Å²) in [5.74, 6) is -0.257. The summed E-state index contributed by atoms with van der Waals surface area (Å²) in [5.41, 5.74) is 4.59. The molecule has 0 saturated carbocycles. The summed E-state index contributed by atoms with van der Waals surface area (Å²) in [7, 11) is 0. The van der Waals surface area contributed by atoms with Crippen LogP contribution in [0.3, 0.4) is 0 Å². The van der Waals surface area contributed by atoms with Gasteiger partial charge in [-0.2, -0.15) is 0 Å².